The molecule has 96 valence electrons. The first-order chi connectivity index (χ1) is 8.19. The zero-order chi connectivity index (χ0) is 12.3. The van der Waals surface area contributed by atoms with E-state index in [1.807, 2.05) is 6.92 Å². The van der Waals surface area contributed by atoms with Crippen LogP contribution in [0.25, 0.3) is 0 Å². The summed E-state index contributed by atoms with van der Waals surface area (Å²) in [6.07, 6.45) is 0. The lowest BCUT2D eigenvalue weighted by molar-refractivity contribution is 0.227. The summed E-state index contributed by atoms with van der Waals surface area (Å²) in [4.78, 5) is 9.25. The Morgan fingerprint density at radius 3 is 2.59 bits per heavy atom. The van der Waals surface area contributed by atoms with Gasteiger partial charge in [0.05, 0.1) is 0 Å². The molecule has 17 heavy (non-hydrogen) atoms. The van der Waals surface area contributed by atoms with Gasteiger partial charge in [0.15, 0.2) is 0 Å². The Labute approximate surface area is 107 Å². The highest BCUT2D eigenvalue weighted by molar-refractivity contribution is 7.09. The lowest BCUT2D eigenvalue weighted by Crippen LogP contribution is -2.48. The van der Waals surface area contributed by atoms with E-state index in [1.165, 1.54) is 11.5 Å². The molecule has 0 aliphatic carbocycles. The van der Waals surface area contributed by atoms with Gasteiger partial charge in [0.25, 0.3) is 0 Å². The van der Waals surface area contributed by atoms with Crippen molar-refractivity contribution in [2.75, 3.05) is 44.2 Å². The van der Waals surface area contributed by atoms with Gasteiger partial charge < -0.3 is 10.6 Å². The number of aromatic nitrogens is 2. The summed E-state index contributed by atoms with van der Waals surface area (Å²) in [5.74, 6) is 1.47. The van der Waals surface area contributed by atoms with Crippen LogP contribution in [0.1, 0.15) is 12.7 Å². The van der Waals surface area contributed by atoms with Crippen molar-refractivity contribution in [2.45, 2.75) is 13.8 Å². The molecule has 2 heterocycles. The van der Waals surface area contributed by atoms with Gasteiger partial charge in [-0.3, -0.25) is 4.90 Å². The van der Waals surface area contributed by atoms with Crippen LogP contribution in [0.3, 0.4) is 0 Å². The van der Waals surface area contributed by atoms with E-state index in [0.29, 0.717) is 5.92 Å². The second kappa shape index (κ2) is 5.75. The van der Waals surface area contributed by atoms with E-state index in [1.54, 1.807) is 0 Å². The van der Waals surface area contributed by atoms with Gasteiger partial charge in [-0.2, -0.15) is 4.37 Å². The van der Waals surface area contributed by atoms with Crippen LogP contribution in [0.15, 0.2) is 0 Å². The molecule has 1 fully saturated rings. The maximum Gasteiger partial charge on any atom is 0.205 e. The summed E-state index contributed by atoms with van der Waals surface area (Å²) in [7, 11) is 0. The number of aryl methyl sites for hydroxylation is 1. The normalized spacial score (nSPS) is 19.6. The van der Waals surface area contributed by atoms with Gasteiger partial charge in [-0.1, -0.05) is 6.92 Å². The highest BCUT2D eigenvalue weighted by atomic mass is 32.1. The van der Waals surface area contributed by atoms with E-state index in [-0.39, 0.29) is 0 Å². The number of piperazine rings is 1. The van der Waals surface area contributed by atoms with Crippen LogP contribution >= 0.6 is 11.5 Å². The fraction of sp³-hybridized carbons (Fsp3) is 0.818. The SMILES string of the molecule is Cc1nsc(N2CCN(CC(C)CN)CC2)n1. The van der Waals surface area contributed by atoms with Crippen LogP contribution in [0.4, 0.5) is 5.13 Å². The lowest BCUT2D eigenvalue weighted by Gasteiger charge is -2.35. The van der Waals surface area contributed by atoms with Crippen LogP contribution < -0.4 is 10.6 Å². The molecule has 1 aromatic rings. The summed E-state index contributed by atoms with van der Waals surface area (Å²) >= 11 is 1.50. The zero-order valence-electron chi connectivity index (χ0n) is 10.6. The summed E-state index contributed by atoms with van der Waals surface area (Å²) in [5, 5.41) is 1.06. The molecule has 2 rings (SSSR count). The highest BCUT2D eigenvalue weighted by Crippen LogP contribution is 2.18. The Balaban J connectivity index is 1.82. The van der Waals surface area contributed by atoms with Gasteiger partial charge in [0, 0.05) is 44.3 Å². The van der Waals surface area contributed by atoms with Crippen molar-refractivity contribution < 1.29 is 0 Å². The van der Waals surface area contributed by atoms with Crippen LogP contribution in [0, 0.1) is 12.8 Å². The highest BCUT2D eigenvalue weighted by Gasteiger charge is 2.20. The van der Waals surface area contributed by atoms with E-state index >= 15 is 0 Å². The number of nitrogens with zero attached hydrogens (tertiary/aromatic N) is 4. The molecule has 1 aliphatic rings. The van der Waals surface area contributed by atoms with Crippen molar-refractivity contribution in [1.82, 2.24) is 14.3 Å². The first-order valence-corrected chi connectivity index (χ1v) is 6.94. The molecule has 1 aromatic heterocycles. The van der Waals surface area contributed by atoms with Crippen LogP contribution in [-0.2, 0) is 0 Å². The minimum Gasteiger partial charge on any atom is -0.344 e. The van der Waals surface area contributed by atoms with Crippen molar-refractivity contribution in [1.29, 1.82) is 0 Å². The van der Waals surface area contributed by atoms with Crippen LogP contribution in [0.5, 0.6) is 0 Å². The van der Waals surface area contributed by atoms with Gasteiger partial charge in [-0.15, -0.1) is 0 Å². The fourth-order valence-electron chi connectivity index (χ4n) is 2.05. The van der Waals surface area contributed by atoms with Gasteiger partial charge in [-0.25, -0.2) is 4.98 Å². The molecule has 5 nitrogen and oxygen atoms in total. The number of hydrogen-bond acceptors (Lipinski definition) is 6. The minimum absolute atomic E-state index is 0.588. The summed E-state index contributed by atoms with van der Waals surface area (Å²) < 4.78 is 4.23. The molecule has 0 radical (unpaired) electrons. The summed E-state index contributed by atoms with van der Waals surface area (Å²) in [6.45, 7) is 10.3. The Morgan fingerprint density at radius 2 is 2.06 bits per heavy atom. The first kappa shape index (κ1) is 12.7. The Morgan fingerprint density at radius 1 is 1.35 bits per heavy atom. The molecule has 2 N–H and O–H groups in total. The molecule has 1 saturated heterocycles. The largest absolute Gasteiger partial charge is 0.344 e. The molecule has 6 heteroatoms. The maximum atomic E-state index is 5.66. The Hall–Kier alpha value is -0.720. The molecule has 0 amide bonds. The third-order valence-corrected chi connectivity index (χ3v) is 4.00. The number of hydrogen-bond donors (Lipinski definition) is 1. The van der Waals surface area contributed by atoms with Crippen molar-refractivity contribution in [2.24, 2.45) is 11.7 Å². The van der Waals surface area contributed by atoms with E-state index in [4.69, 9.17) is 5.73 Å². The predicted molar refractivity (Wildman–Crippen MR) is 71.5 cm³/mol. The molecule has 0 aromatic carbocycles. The van der Waals surface area contributed by atoms with Gasteiger partial charge in [-0.05, 0) is 19.4 Å². The average molecular weight is 255 g/mol. The second-order valence-corrected chi connectivity index (χ2v) is 5.48. The van der Waals surface area contributed by atoms with E-state index in [9.17, 15) is 0 Å². The zero-order valence-corrected chi connectivity index (χ0v) is 11.4. The van der Waals surface area contributed by atoms with Crippen molar-refractivity contribution >= 4 is 16.7 Å². The third kappa shape index (κ3) is 3.37. The molecular formula is C11H21N5S. The maximum absolute atomic E-state index is 5.66. The van der Waals surface area contributed by atoms with E-state index in [0.717, 1.165) is 50.2 Å². The van der Waals surface area contributed by atoms with Crippen molar-refractivity contribution in [3.63, 3.8) is 0 Å². The number of anilines is 1. The van der Waals surface area contributed by atoms with Crippen molar-refractivity contribution in [3.8, 4) is 0 Å². The van der Waals surface area contributed by atoms with E-state index < -0.39 is 0 Å². The van der Waals surface area contributed by atoms with E-state index in [2.05, 4.69) is 26.1 Å². The van der Waals surface area contributed by atoms with Crippen LogP contribution in [0.2, 0.25) is 0 Å². The lowest BCUT2D eigenvalue weighted by atomic mass is 10.1. The smallest absolute Gasteiger partial charge is 0.205 e. The predicted octanol–water partition coefficient (Wildman–Crippen LogP) is 0.563. The molecule has 0 saturated carbocycles. The minimum atomic E-state index is 0.588. The summed E-state index contributed by atoms with van der Waals surface area (Å²) in [5.41, 5.74) is 5.66. The topological polar surface area (TPSA) is 58.3 Å². The average Bonchev–Trinajstić information content (AvgIpc) is 2.77. The fourth-order valence-corrected chi connectivity index (χ4v) is 2.78. The second-order valence-electron chi connectivity index (χ2n) is 4.75. The number of rotatable bonds is 4. The number of nitrogens with two attached hydrogens (primary N) is 1. The van der Waals surface area contributed by atoms with Crippen molar-refractivity contribution in [3.05, 3.63) is 5.82 Å². The molecule has 1 atom stereocenters. The Kier molecular flexibility index (Phi) is 4.31. The van der Waals surface area contributed by atoms with Crippen LogP contribution in [-0.4, -0.2) is 53.5 Å². The Bertz CT molecular complexity index is 345. The summed E-state index contributed by atoms with van der Waals surface area (Å²) in [6, 6.07) is 0. The molecular weight excluding hydrogens is 234 g/mol. The first-order valence-electron chi connectivity index (χ1n) is 6.16. The molecule has 0 spiro atoms. The molecule has 0 bridgehead atoms. The molecule has 1 aliphatic heterocycles. The third-order valence-electron chi connectivity index (χ3n) is 3.13. The monoisotopic (exact) mass is 255 g/mol. The standard InChI is InChI=1S/C11H21N5S/c1-9(7-12)8-15-3-5-16(6-4-15)11-13-10(2)14-17-11/h9H,3-8,12H2,1-2H3. The quantitative estimate of drug-likeness (QED) is 0.852. The van der Waals surface area contributed by atoms with Gasteiger partial charge >= 0.3 is 0 Å². The molecule has 1 unspecified atom stereocenters. The van der Waals surface area contributed by atoms with Gasteiger partial charge in [0.2, 0.25) is 5.13 Å². The van der Waals surface area contributed by atoms with Gasteiger partial charge in [0.1, 0.15) is 5.82 Å².